The predicted octanol–water partition coefficient (Wildman–Crippen LogP) is 3.10. The first-order valence-corrected chi connectivity index (χ1v) is 8.52. The number of hydrogen-bond donors (Lipinski definition) is 0. The van der Waals surface area contributed by atoms with E-state index in [0.717, 1.165) is 11.1 Å². The first-order valence-electron chi connectivity index (χ1n) is 5.95. The molecule has 1 aromatic carbocycles. The molecule has 0 fully saturated rings. The summed E-state index contributed by atoms with van der Waals surface area (Å²) >= 11 is 3.30. The summed E-state index contributed by atoms with van der Waals surface area (Å²) in [6.07, 6.45) is 0. The summed E-state index contributed by atoms with van der Waals surface area (Å²) in [7, 11) is -3.40. The van der Waals surface area contributed by atoms with Crippen molar-refractivity contribution in [1.29, 1.82) is 0 Å². The molecule has 0 unspecified atom stereocenters. The maximum atomic E-state index is 12.5. The zero-order chi connectivity index (χ0) is 13.9. The van der Waals surface area contributed by atoms with Gasteiger partial charge in [-0.2, -0.15) is 4.31 Å². The Labute approximate surface area is 118 Å². The average molecular weight is 334 g/mol. The second-order valence-corrected chi connectivity index (χ2v) is 7.33. The van der Waals surface area contributed by atoms with Crippen molar-refractivity contribution in [3.8, 4) is 0 Å². The monoisotopic (exact) mass is 333 g/mol. The van der Waals surface area contributed by atoms with Gasteiger partial charge >= 0.3 is 0 Å². The smallest absolute Gasteiger partial charge is 0.207 e. The van der Waals surface area contributed by atoms with E-state index >= 15 is 0 Å². The Bertz CT molecular complexity index is 512. The topological polar surface area (TPSA) is 37.4 Å². The van der Waals surface area contributed by atoms with E-state index in [-0.39, 0.29) is 6.04 Å². The fourth-order valence-electron chi connectivity index (χ4n) is 1.75. The maximum Gasteiger partial charge on any atom is 0.243 e. The van der Waals surface area contributed by atoms with Crippen LogP contribution in [-0.4, -0.2) is 30.6 Å². The SMILES string of the molecule is Cc1ccc(S(=O)(=O)N(CCBr)C(C)C)cc1C. The highest BCUT2D eigenvalue weighted by atomic mass is 79.9. The van der Waals surface area contributed by atoms with Crippen molar-refractivity contribution in [1.82, 2.24) is 4.31 Å². The standard InChI is InChI=1S/C13H20BrNO2S/c1-10(2)15(8-7-14)18(16,17)13-6-5-11(3)12(4)9-13/h5-6,9-10H,7-8H2,1-4H3. The number of nitrogens with zero attached hydrogens (tertiary/aromatic N) is 1. The van der Waals surface area contributed by atoms with E-state index in [2.05, 4.69) is 15.9 Å². The molecule has 0 N–H and O–H groups in total. The lowest BCUT2D eigenvalue weighted by molar-refractivity contribution is 0.372. The first kappa shape index (κ1) is 15.7. The molecule has 3 nitrogen and oxygen atoms in total. The molecule has 0 saturated heterocycles. The molecule has 0 aliphatic heterocycles. The van der Waals surface area contributed by atoms with Gasteiger partial charge in [-0.05, 0) is 51.0 Å². The second kappa shape index (κ2) is 6.17. The van der Waals surface area contributed by atoms with E-state index in [9.17, 15) is 8.42 Å². The molecular weight excluding hydrogens is 314 g/mol. The molecule has 0 radical (unpaired) electrons. The van der Waals surface area contributed by atoms with Gasteiger partial charge in [-0.15, -0.1) is 0 Å². The number of sulfonamides is 1. The Morgan fingerprint density at radius 2 is 1.83 bits per heavy atom. The van der Waals surface area contributed by atoms with Crippen LogP contribution in [0.1, 0.15) is 25.0 Å². The van der Waals surface area contributed by atoms with Crippen LogP contribution in [0.15, 0.2) is 23.1 Å². The van der Waals surface area contributed by atoms with Crippen molar-refractivity contribution in [3.05, 3.63) is 29.3 Å². The van der Waals surface area contributed by atoms with Crippen LogP contribution in [-0.2, 0) is 10.0 Å². The van der Waals surface area contributed by atoms with E-state index in [1.165, 1.54) is 4.31 Å². The minimum absolute atomic E-state index is 0.0471. The van der Waals surface area contributed by atoms with Gasteiger partial charge in [0, 0.05) is 17.9 Å². The van der Waals surface area contributed by atoms with Crippen LogP contribution in [0.2, 0.25) is 0 Å². The largest absolute Gasteiger partial charge is 0.243 e. The van der Waals surface area contributed by atoms with E-state index in [1.54, 1.807) is 12.1 Å². The lowest BCUT2D eigenvalue weighted by atomic mass is 10.1. The van der Waals surface area contributed by atoms with Crippen molar-refractivity contribution in [2.75, 3.05) is 11.9 Å². The molecule has 1 rings (SSSR count). The third-order valence-electron chi connectivity index (χ3n) is 2.97. The van der Waals surface area contributed by atoms with Gasteiger partial charge in [0.25, 0.3) is 0 Å². The molecule has 18 heavy (non-hydrogen) atoms. The van der Waals surface area contributed by atoms with Crippen LogP contribution in [0, 0.1) is 13.8 Å². The van der Waals surface area contributed by atoms with Gasteiger partial charge in [-0.3, -0.25) is 0 Å². The number of hydrogen-bond acceptors (Lipinski definition) is 2. The lowest BCUT2D eigenvalue weighted by Crippen LogP contribution is -2.38. The predicted molar refractivity (Wildman–Crippen MR) is 78.7 cm³/mol. The minimum atomic E-state index is -3.40. The molecule has 0 aliphatic carbocycles. The average Bonchev–Trinajstić information content (AvgIpc) is 2.28. The Kier molecular flexibility index (Phi) is 5.37. The van der Waals surface area contributed by atoms with Crippen LogP contribution >= 0.6 is 15.9 Å². The van der Waals surface area contributed by atoms with Gasteiger partial charge in [0.05, 0.1) is 4.90 Å². The summed E-state index contributed by atoms with van der Waals surface area (Å²) in [5.41, 5.74) is 2.10. The summed E-state index contributed by atoms with van der Waals surface area (Å²) in [6.45, 7) is 8.17. The van der Waals surface area contributed by atoms with Gasteiger partial charge in [-0.1, -0.05) is 22.0 Å². The summed E-state index contributed by atoms with van der Waals surface area (Å²) < 4.78 is 26.6. The van der Waals surface area contributed by atoms with Crippen LogP contribution < -0.4 is 0 Å². The highest BCUT2D eigenvalue weighted by Crippen LogP contribution is 2.21. The minimum Gasteiger partial charge on any atom is -0.207 e. The van der Waals surface area contributed by atoms with Gasteiger partial charge in [-0.25, -0.2) is 8.42 Å². The van der Waals surface area contributed by atoms with Crippen LogP contribution in [0.5, 0.6) is 0 Å². The van der Waals surface area contributed by atoms with Crippen molar-refractivity contribution in [2.45, 2.75) is 38.6 Å². The Hall–Kier alpha value is -0.390. The van der Waals surface area contributed by atoms with E-state index in [4.69, 9.17) is 0 Å². The Balaban J connectivity index is 3.22. The number of benzene rings is 1. The molecule has 0 saturated carbocycles. The quantitative estimate of drug-likeness (QED) is 0.776. The van der Waals surface area contributed by atoms with E-state index < -0.39 is 10.0 Å². The highest BCUT2D eigenvalue weighted by molar-refractivity contribution is 9.09. The molecule has 0 atom stereocenters. The summed E-state index contributed by atoms with van der Waals surface area (Å²) in [5, 5.41) is 0.634. The van der Waals surface area contributed by atoms with E-state index in [1.807, 2.05) is 33.8 Å². The molecule has 0 aromatic heterocycles. The number of rotatable bonds is 5. The van der Waals surface area contributed by atoms with Gasteiger partial charge in [0.1, 0.15) is 0 Å². The first-order chi connectivity index (χ1) is 8.30. The van der Waals surface area contributed by atoms with Crippen LogP contribution in [0.3, 0.4) is 0 Å². The molecule has 0 spiro atoms. The summed E-state index contributed by atoms with van der Waals surface area (Å²) in [6, 6.07) is 5.24. The molecule has 5 heteroatoms. The fraction of sp³-hybridized carbons (Fsp3) is 0.538. The third kappa shape index (κ3) is 3.33. The number of aryl methyl sites for hydroxylation is 2. The molecule has 1 aromatic rings. The van der Waals surface area contributed by atoms with Crippen molar-refractivity contribution >= 4 is 26.0 Å². The van der Waals surface area contributed by atoms with Gasteiger partial charge < -0.3 is 0 Å². The van der Waals surface area contributed by atoms with Crippen LogP contribution in [0.25, 0.3) is 0 Å². The number of halogens is 1. The molecule has 0 amide bonds. The number of alkyl halides is 1. The van der Waals surface area contributed by atoms with Crippen LogP contribution in [0.4, 0.5) is 0 Å². The zero-order valence-corrected chi connectivity index (χ0v) is 13.7. The molecule has 102 valence electrons. The van der Waals surface area contributed by atoms with E-state index in [0.29, 0.717) is 16.8 Å². The zero-order valence-electron chi connectivity index (χ0n) is 11.3. The molecule has 0 heterocycles. The lowest BCUT2D eigenvalue weighted by Gasteiger charge is -2.25. The van der Waals surface area contributed by atoms with Crippen molar-refractivity contribution < 1.29 is 8.42 Å². The normalized spacial score (nSPS) is 12.4. The summed E-state index contributed by atoms with van der Waals surface area (Å²) in [4.78, 5) is 0.375. The molecule has 0 aliphatic rings. The molecular formula is C13H20BrNO2S. The second-order valence-electron chi connectivity index (χ2n) is 4.64. The fourth-order valence-corrected chi connectivity index (χ4v) is 4.09. The molecule has 0 bridgehead atoms. The Morgan fingerprint density at radius 3 is 2.28 bits per heavy atom. The van der Waals surface area contributed by atoms with Crippen molar-refractivity contribution in [3.63, 3.8) is 0 Å². The summed E-state index contributed by atoms with van der Waals surface area (Å²) in [5.74, 6) is 0. The highest BCUT2D eigenvalue weighted by Gasteiger charge is 2.26. The maximum absolute atomic E-state index is 12.5. The van der Waals surface area contributed by atoms with Gasteiger partial charge in [0.15, 0.2) is 0 Å². The van der Waals surface area contributed by atoms with Crippen molar-refractivity contribution in [2.24, 2.45) is 0 Å². The van der Waals surface area contributed by atoms with Gasteiger partial charge in [0.2, 0.25) is 10.0 Å². The Morgan fingerprint density at radius 1 is 1.22 bits per heavy atom. The third-order valence-corrected chi connectivity index (χ3v) is 5.39.